The van der Waals surface area contributed by atoms with Gasteiger partial charge in [-0.25, -0.2) is 0 Å². The number of aromatic nitrogens is 2. The molecule has 0 saturated heterocycles. The van der Waals surface area contributed by atoms with Gasteiger partial charge in [0.05, 0.1) is 18.8 Å². The summed E-state index contributed by atoms with van der Waals surface area (Å²) in [4.78, 5) is 16.1. The molecule has 0 aliphatic rings. The third kappa shape index (κ3) is 6.72. The molecule has 2 N–H and O–H groups in total. The van der Waals surface area contributed by atoms with Crippen molar-refractivity contribution < 1.29 is 4.52 Å². The summed E-state index contributed by atoms with van der Waals surface area (Å²) in [7, 11) is 1.73. The van der Waals surface area contributed by atoms with E-state index < -0.39 is 0 Å². The first-order valence-corrected chi connectivity index (χ1v) is 9.68. The number of nitrogens with zero attached hydrogens (tertiary/aromatic N) is 3. The average molecular weight is 521 g/mol. The number of rotatable bonds is 7. The van der Waals surface area contributed by atoms with E-state index in [0.717, 1.165) is 22.6 Å². The zero-order valence-electron chi connectivity index (χ0n) is 17.5. The third-order valence-corrected chi connectivity index (χ3v) is 4.56. The molecule has 7 nitrogen and oxygen atoms in total. The Labute approximate surface area is 193 Å². The van der Waals surface area contributed by atoms with Crippen LogP contribution < -0.4 is 16.2 Å². The van der Waals surface area contributed by atoms with Crippen LogP contribution in [0.15, 0.2) is 69.0 Å². The molecule has 0 aliphatic heterocycles. The van der Waals surface area contributed by atoms with Crippen molar-refractivity contribution in [3.05, 3.63) is 87.7 Å². The van der Waals surface area contributed by atoms with E-state index in [-0.39, 0.29) is 29.5 Å². The Morgan fingerprint density at radius 1 is 1.10 bits per heavy atom. The predicted octanol–water partition coefficient (Wildman–Crippen LogP) is 3.49. The van der Waals surface area contributed by atoms with Crippen LogP contribution in [0.1, 0.15) is 42.3 Å². The number of hydrogen-bond acceptors (Lipinski definition) is 4. The molecule has 0 atom stereocenters. The number of hydrogen-bond donors (Lipinski definition) is 2. The maximum Gasteiger partial charge on any atom is 0.250 e. The van der Waals surface area contributed by atoms with Crippen molar-refractivity contribution in [2.75, 3.05) is 7.05 Å². The maximum atomic E-state index is 11.8. The number of aliphatic imine (C=N–C) groups is 1. The van der Waals surface area contributed by atoms with Crippen LogP contribution in [0.4, 0.5) is 0 Å². The van der Waals surface area contributed by atoms with Gasteiger partial charge in [-0.15, -0.1) is 24.0 Å². The number of nitrogens with one attached hydrogen (secondary N) is 2. The Kier molecular flexibility index (Phi) is 9.10. The molecule has 3 aromatic rings. The molecule has 0 unspecified atom stereocenters. The van der Waals surface area contributed by atoms with Crippen LogP contribution in [0.2, 0.25) is 0 Å². The van der Waals surface area contributed by atoms with Gasteiger partial charge in [0.1, 0.15) is 0 Å². The largest absolute Gasteiger partial charge is 0.359 e. The lowest BCUT2D eigenvalue weighted by Crippen LogP contribution is -2.36. The van der Waals surface area contributed by atoms with E-state index >= 15 is 0 Å². The number of pyridine rings is 1. The Morgan fingerprint density at radius 3 is 2.43 bits per heavy atom. The second-order valence-corrected chi connectivity index (χ2v) is 7.14. The minimum atomic E-state index is 0. The Hall–Kier alpha value is -2.62. The quantitative estimate of drug-likeness (QED) is 0.283. The van der Waals surface area contributed by atoms with E-state index in [1.165, 1.54) is 0 Å². The van der Waals surface area contributed by atoms with Gasteiger partial charge in [0, 0.05) is 31.9 Å². The zero-order valence-corrected chi connectivity index (χ0v) is 19.8. The highest BCUT2D eigenvalue weighted by Crippen LogP contribution is 2.13. The van der Waals surface area contributed by atoms with E-state index in [2.05, 4.69) is 46.8 Å². The van der Waals surface area contributed by atoms with Gasteiger partial charge in [0.2, 0.25) is 0 Å². The fraction of sp³-hybridized carbons (Fsp3) is 0.318. The van der Waals surface area contributed by atoms with Gasteiger partial charge >= 0.3 is 0 Å². The molecule has 0 fully saturated rings. The van der Waals surface area contributed by atoms with E-state index in [0.29, 0.717) is 31.5 Å². The first kappa shape index (κ1) is 23.7. The van der Waals surface area contributed by atoms with Crippen LogP contribution in [0.5, 0.6) is 0 Å². The summed E-state index contributed by atoms with van der Waals surface area (Å²) >= 11 is 0. The van der Waals surface area contributed by atoms with Crippen LogP contribution in [-0.4, -0.2) is 22.7 Å². The smallest absolute Gasteiger partial charge is 0.250 e. The number of guanidine groups is 1. The lowest BCUT2D eigenvalue weighted by molar-refractivity contribution is 0.372. The molecule has 0 saturated carbocycles. The van der Waals surface area contributed by atoms with Gasteiger partial charge in [0.15, 0.2) is 11.7 Å². The van der Waals surface area contributed by atoms with Crippen LogP contribution in [0.25, 0.3) is 0 Å². The molecule has 0 aliphatic carbocycles. The van der Waals surface area contributed by atoms with Crippen LogP contribution >= 0.6 is 24.0 Å². The number of halogens is 1. The molecular formula is C22H28IN5O2. The molecule has 30 heavy (non-hydrogen) atoms. The zero-order chi connectivity index (χ0) is 20.6. The second kappa shape index (κ2) is 11.5. The summed E-state index contributed by atoms with van der Waals surface area (Å²) in [6, 6.07) is 15.3. The molecule has 3 rings (SSSR count). The molecule has 0 radical (unpaired) electrons. The highest BCUT2D eigenvalue weighted by Gasteiger charge is 2.08. The number of benzene rings is 1. The summed E-state index contributed by atoms with van der Waals surface area (Å²) in [5.41, 5.74) is 3.15. The van der Waals surface area contributed by atoms with Gasteiger partial charge in [0.25, 0.3) is 5.56 Å². The first-order chi connectivity index (χ1) is 14.0. The highest BCUT2D eigenvalue weighted by atomic mass is 127. The lowest BCUT2D eigenvalue weighted by Gasteiger charge is -2.11. The monoisotopic (exact) mass is 521 g/mol. The molecule has 160 valence electrons. The fourth-order valence-corrected chi connectivity index (χ4v) is 2.81. The normalized spacial score (nSPS) is 11.3. The maximum absolute atomic E-state index is 11.8. The van der Waals surface area contributed by atoms with E-state index in [1.807, 2.05) is 24.3 Å². The molecule has 8 heteroatoms. The first-order valence-electron chi connectivity index (χ1n) is 9.68. The van der Waals surface area contributed by atoms with E-state index in [4.69, 9.17) is 4.52 Å². The minimum Gasteiger partial charge on any atom is -0.359 e. The van der Waals surface area contributed by atoms with Crippen molar-refractivity contribution in [1.82, 2.24) is 20.4 Å². The molecule has 0 bridgehead atoms. The average Bonchev–Trinajstić information content (AvgIpc) is 3.20. The third-order valence-electron chi connectivity index (χ3n) is 4.56. The van der Waals surface area contributed by atoms with E-state index in [1.54, 1.807) is 29.9 Å². The van der Waals surface area contributed by atoms with Gasteiger partial charge in [-0.1, -0.05) is 49.3 Å². The molecule has 0 spiro atoms. The highest BCUT2D eigenvalue weighted by molar-refractivity contribution is 14.0. The van der Waals surface area contributed by atoms with Gasteiger partial charge in [-0.2, -0.15) is 0 Å². The van der Waals surface area contributed by atoms with Crippen molar-refractivity contribution >= 4 is 29.9 Å². The Morgan fingerprint density at radius 2 is 1.80 bits per heavy atom. The SMILES string of the molecule is CN=C(NCc1ccc(Cn2ccccc2=O)cc1)NCc1cc(C(C)C)no1.I. The van der Waals surface area contributed by atoms with Crippen molar-refractivity contribution in [2.24, 2.45) is 4.99 Å². The van der Waals surface area contributed by atoms with Crippen LogP contribution in [0.3, 0.4) is 0 Å². The Balaban J connectivity index is 0.00000320. The van der Waals surface area contributed by atoms with Crippen LogP contribution in [-0.2, 0) is 19.6 Å². The topological polar surface area (TPSA) is 84.5 Å². The fourth-order valence-electron chi connectivity index (χ4n) is 2.81. The van der Waals surface area contributed by atoms with Crippen LogP contribution in [0, 0.1) is 0 Å². The van der Waals surface area contributed by atoms with Gasteiger partial charge in [-0.3, -0.25) is 9.79 Å². The summed E-state index contributed by atoms with van der Waals surface area (Å²) in [6.45, 7) is 5.88. The summed E-state index contributed by atoms with van der Waals surface area (Å²) in [5, 5.41) is 10.6. The predicted molar refractivity (Wildman–Crippen MR) is 129 cm³/mol. The molecule has 2 heterocycles. The minimum absolute atomic E-state index is 0. The molecule has 2 aromatic heterocycles. The standard InChI is InChI=1S/C22H27N5O2.HI/c1-16(2)20-12-19(29-26-20)14-25-22(23-3)24-13-17-7-9-18(10-8-17)15-27-11-5-4-6-21(27)28;/h4-12,16H,13-15H2,1-3H3,(H2,23,24,25);1H. The second-order valence-electron chi connectivity index (χ2n) is 7.14. The van der Waals surface area contributed by atoms with Crippen molar-refractivity contribution in [3.8, 4) is 0 Å². The van der Waals surface area contributed by atoms with Crippen molar-refractivity contribution in [3.63, 3.8) is 0 Å². The van der Waals surface area contributed by atoms with Gasteiger partial charge in [-0.05, 0) is 23.1 Å². The Bertz CT molecular complexity index is 1010. The molecule has 1 aromatic carbocycles. The summed E-state index contributed by atoms with van der Waals surface area (Å²) < 4.78 is 7.02. The summed E-state index contributed by atoms with van der Waals surface area (Å²) in [5.74, 6) is 1.80. The van der Waals surface area contributed by atoms with E-state index in [9.17, 15) is 4.79 Å². The van der Waals surface area contributed by atoms with Gasteiger partial charge < -0.3 is 19.7 Å². The lowest BCUT2D eigenvalue weighted by atomic mass is 10.1. The van der Waals surface area contributed by atoms with Crippen molar-refractivity contribution in [2.45, 2.75) is 39.4 Å². The molecular weight excluding hydrogens is 493 g/mol. The van der Waals surface area contributed by atoms with Crippen molar-refractivity contribution in [1.29, 1.82) is 0 Å². The molecule has 0 amide bonds. The summed E-state index contributed by atoms with van der Waals surface area (Å²) in [6.07, 6.45) is 1.80.